The van der Waals surface area contributed by atoms with Crippen molar-refractivity contribution in [1.82, 2.24) is 19.5 Å². The monoisotopic (exact) mass is 668 g/mol. The molecule has 23 heteroatoms. The third kappa shape index (κ3) is 8.42. The van der Waals surface area contributed by atoms with E-state index >= 15 is 0 Å². The Morgan fingerprint density at radius 3 is 2.02 bits per heavy atom. The summed E-state index contributed by atoms with van der Waals surface area (Å²) in [5.74, 6) is -2.29. The number of benzene rings is 1. The summed E-state index contributed by atoms with van der Waals surface area (Å²) in [6.07, 6.45) is 0. The molecule has 2 aromatic heterocycles. The Labute approximate surface area is 285 Å². The fraction of sp³-hybridized carbons (Fsp3) is 0.167. The smallest absolute Gasteiger partial charge is 0.296 e. The molecule has 17 nitrogen and oxygen atoms in total. The minimum atomic E-state index is -5.22. The predicted octanol–water partition coefficient (Wildman–Crippen LogP) is 1.36. The van der Waals surface area contributed by atoms with Gasteiger partial charge in [-0.2, -0.15) is 31.8 Å². The third-order valence-electron chi connectivity index (χ3n) is 4.92. The van der Waals surface area contributed by atoms with Crippen LogP contribution >= 0.6 is 23.2 Å². The van der Waals surface area contributed by atoms with E-state index in [2.05, 4.69) is 30.5 Å². The second kappa shape index (κ2) is 14.1. The number of pyridine rings is 1. The Morgan fingerprint density at radius 1 is 1.02 bits per heavy atom. The molecular weight excluding hydrogens is 653 g/mol. The predicted molar refractivity (Wildman–Crippen MR) is 146 cm³/mol. The van der Waals surface area contributed by atoms with Gasteiger partial charge in [-0.3, -0.25) is 23.3 Å². The van der Waals surface area contributed by atoms with Crippen molar-refractivity contribution in [1.29, 1.82) is 0 Å². The molecular formula is C18H16Cl2N8Na2O9S2. The summed E-state index contributed by atoms with van der Waals surface area (Å²) >= 11 is 11.4. The van der Waals surface area contributed by atoms with Crippen LogP contribution in [0.2, 0.25) is 10.6 Å². The van der Waals surface area contributed by atoms with E-state index in [1.165, 1.54) is 13.8 Å². The van der Waals surface area contributed by atoms with Crippen LogP contribution in [-0.2, 0) is 26.8 Å². The maximum Gasteiger partial charge on any atom is 0.296 e. The van der Waals surface area contributed by atoms with Gasteiger partial charge in [-0.05, 0) is 49.2 Å². The van der Waals surface area contributed by atoms with Crippen LogP contribution in [0.25, 0.3) is 0 Å². The molecule has 2 radical (unpaired) electrons. The topological polar surface area (TPSA) is 269 Å². The zero-order valence-corrected chi connectivity index (χ0v) is 28.6. The van der Waals surface area contributed by atoms with Gasteiger partial charge in [-0.15, -0.1) is 10.2 Å². The number of carbonyl (C=O) groups excluding carboxylic acids is 1. The van der Waals surface area contributed by atoms with E-state index in [1.54, 1.807) is 0 Å². The average molecular weight is 669 g/mol. The first-order valence-corrected chi connectivity index (χ1v) is 13.7. The minimum absolute atomic E-state index is 0. The Morgan fingerprint density at radius 2 is 1.56 bits per heavy atom. The SMILES string of the molecule is CCn1c(O)c(C(N)=O)c(C)c(N=Nc2cc(Nc3nc(Cl)nc(Cl)n3)c(S(=O)(=O)O)cc2S(=O)(=O)O)c1=O.[Na].[Na]. The van der Waals surface area contributed by atoms with Crippen LogP contribution in [0, 0.1) is 6.92 Å². The van der Waals surface area contributed by atoms with E-state index < -0.39 is 86.5 Å². The Hall–Kier alpha value is -1.75. The number of nitrogens with zero attached hydrogens (tertiary/aromatic N) is 6. The van der Waals surface area contributed by atoms with Crippen molar-refractivity contribution in [2.45, 2.75) is 30.2 Å². The van der Waals surface area contributed by atoms with Crippen LogP contribution in [0.4, 0.5) is 23.0 Å². The van der Waals surface area contributed by atoms with Gasteiger partial charge in [-0.1, -0.05) is 0 Å². The fourth-order valence-electron chi connectivity index (χ4n) is 3.26. The zero-order chi connectivity index (χ0) is 29.4. The van der Waals surface area contributed by atoms with Crippen LogP contribution in [0.5, 0.6) is 5.88 Å². The number of nitrogens with two attached hydrogens (primary N) is 1. The van der Waals surface area contributed by atoms with E-state index in [-0.39, 0.29) is 71.2 Å². The van der Waals surface area contributed by atoms with Crippen molar-refractivity contribution in [2.75, 3.05) is 5.32 Å². The number of halogens is 2. The molecule has 0 bridgehead atoms. The molecule has 3 rings (SSSR count). The van der Waals surface area contributed by atoms with Gasteiger partial charge in [0.2, 0.25) is 22.4 Å². The molecule has 0 aliphatic carbocycles. The third-order valence-corrected chi connectivity index (χ3v) is 7.04. The molecule has 0 unspecified atom stereocenters. The van der Waals surface area contributed by atoms with E-state index in [0.29, 0.717) is 12.1 Å². The normalized spacial score (nSPS) is 11.6. The number of aromatic nitrogens is 4. The molecule has 0 spiro atoms. The summed E-state index contributed by atoms with van der Waals surface area (Å²) in [6, 6.07) is 1.04. The molecule has 0 atom stereocenters. The molecule has 0 fully saturated rings. The number of nitrogens with one attached hydrogen (secondary N) is 1. The van der Waals surface area contributed by atoms with E-state index in [4.69, 9.17) is 28.9 Å². The van der Waals surface area contributed by atoms with Crippen LogP contribution in [0.1, 0.15) is 22.8 Å². The van der Waals surface area contributed by atoms with Crippen molar-refractivity contribution >= 4 is 131 Å². The summed E-state index contributed by atoms with van der Waals surface area (Å²) < 4.78 is 68.2. The maximum absolute atomic E-state index is 12.8. The van der Waals surface area contributed by atoms with Crippen molar-refractivity contribution in [3.05, 3.63) is 44.2 Å². The Balaban J connectivity index is 0.00000420. The molecule has 0 saturated heterocycles. The summed E-state index contributed by atoms with van der Waals surface area (Å²) in [5, 5.41) is 19.1. The van der Waals surface area contributed by atoms with E-state index in [0.717, 1.165) is 4.57 Å². The number of aromatic hydroxyl groups is 1. The average Bonchev–Trinajstić information content (AvgIpc) is 2.76. The van der Waals surface area contributed by atoms with E-state index in [1.807, 2.05) is 0 Å². The standard InChI is InChI=1S/C18H16Cl2N8O9S2.2Na/c1-3-28-14(30)11(13(21)29)6(2)12(15(28)31)27-26-8-4-7(22-18-24-16(19)23-17(20)25-18)9(38(32,33)34)5-10(8)39(35,36)37;;/h4-5,30H,3H2,1-2H3,(H2,21,29)(H,32,33,34)(H,35,36,37)(H,22,23,24,25);;. The van der Waals surface area contributed by atoms with Crippen LogP contribution in [0.3, 0.4) is 0 Å². The van der Waals surface area contributed by atoms with Gasteiger partial charge in [0.15, 0.2) is 5.69 Å². The number of hydrogen-bond acceptors (Lipinski definition) is 13. The van der Waals surface area contributed by atoms with Gasteiger partial charge >= 0.3 is 0 Å². The number of hydrogen-bond donors (Lipinski definition) is 5. The molecule has 0 aliphatic heterocycles. The molecule has 0 aliphatic rings. The first kappa shape index (κ1) is 37.3. The van der Waals surface area contributed by atoms with Crippen LogP contribution in [0.15, 0.2) is 36.9 Å². The number of rotatable bonds is 8. The molecule has 41 heavy (non-hydrogen) atoms. The van der Waals surface area contributed by atoms with Gasteiger partial charge in [0, 0.05) is 71.2 Å². The maximum atomic E-state index is 12.8. The Kier molecular flexibility index (Phi) is 12.9. The summed E-state index contributed by atoms with van der Waals surface area (Å²) in [4.78, 5) is 33.3. The molecule has 2 heterocycles. The molecule has 1 amide bonds. The molecule has 6 N–H and O–H groups in total. The van der Waals surface area contributed by atoms with Gasteiger partial charge in [0.25, 0.3) is 31.7 Å². The molecule has 1 aromatic carbocycles. The number of azo groups is 1. The first-order chi connectivity index (χ1) is 17.9. The van der Waals surface area contributed by atoms with E-state index in [9.17, 15) is 40.6 Å². The molecule has 3 aromatic rings. The van der Waals surface area contributed by atoms with Gasteiger partial charge in [-0.25, -0.2) is 0 Å². The number of amides is 1. The minimum Gasteiger partial charge on any atom is -0.494 e. The fourth-order valence-corrected chi connectivity index (χ4v) is 4.99. The molecule has 210 valence electrons. The van der Waals surface area contributed by atoms with Crippen LogP contribution < -0.4 is 16.6 Å². The van der Waals surface area contributed by atoms with Gasteiger partial charge in [0.1, 0.15) is 21.0 Å². The summed E-state index contributed by atoms with van der Waals surface area (Å²) in [5.41, 5.74) is 1.77. The number of primary amides is 1. The second-order valence-electron chi connectivity index (χ2n) is 7.37. The zero-order valence-electron chi connectivity index (χ0n) is 21.5. The largest absolute Gasteiger partial charge is 0.494 e. The first-order valence-electron chi connectivity index (χ1n) is 10.1. The van der Waals surface area contributed by atoms with Crippen LogP contribution in [-0.4, -0.2) is 116 Å². The molecule has 0 saturated carbocycles. The Bertz CT molecular complexity index is 1820. The van der Waals surface area contributed by atoms with Crippen molar-refractivity contribution in [3.8, 4) is 5.88 Å². The van der Waals surface area contributed by atoms with Gasteiger partial charge < -0.3 is 16.2 Å². The van der Waals surface area contributed by atoms with Crippen molar-refractivity contribution < 1.29 is 35.8 Å². The van der Waals surface area contributed by atoms with Crippen molar-refractivity contribution in [2.24, 2.45) is 16.0 Å². The summed E-state index contributed by atoms with van der Waals surface area (Å²) in [7, 11) is -10.4. The number of carbonyl (C=O) groups is 1. The second-order valence-corrected chi connectivity index (χ2v) is 10.8. The summed E-state index contributed by atoms with van der Waals surface area (Å²) in [6.45, 7) is 2.55. The van der Waals surface area contributed by atoms with Crippen molar-refractivity contribution in [3.63, 3.8) is 0 Å². The van der Waals surface area contributed by atoms with Gasteiger partial charge in [0.05, 0.1) is 5.69 Å². The number of anilines is 2. The quantitative estimate of drug-likeness (QED) is 0.129.